The van der Waals surface area contributed by atoms with E-state index in [9.17, 15) is 13.6 Å². The Morgan fingerprint density at radius 3 is 2.92 bits per heavy atom. The molecule has 1 N–H and O–H groups in total. The van der Waals surface area contributed by atoms with Crippen LogP contribution in [0.3, 0.4) is 0 Å². The van der Waals surface area contributed by atoms with Crippen LogP contribution in [0.25, 0.3) is 11.1 Å². The molecule has 1 aliphatic carbocycles. The summed E-state index contributed by atoms with van der Waals surface area (Å²) in [5.74, 6) is -0.334. The van der Waals surface area contributed by atoms with Gasteiger partial charge in [0, 0.05) is 30.0 Å². The van der Waals surface area contributed by atoms with E-state index in [2.05, 4.69) is 25.3 Å². The predicted octanol–water partition coefficient (Wildman–Crippen LogP) is 2.30. The van der Waals surface area contributed by atoms with Gasteiger partial charge in [-0.25, -0.2) is 4.98 Å². The number of anilines is 1. The molecule has 2 fully saturated rings. The van der Waals surface area contributed by atoms with E-state index >= 15 is 0 Å². The van der Waals surface area contributed by atoms with Gasteiger partial charge in [0.1, 0.15) is 17.5 Å². The molecule has 4 rings (SSSR count). The Bertz CT molecular complexity index is 853. The number of carbonyl (C=O) groups excluding carboxylic acids is 1. The molecule has 3 atom stereocenters. The SMILES string of the molecule is Cc1noc2ncnc(N3CCCC4C(NC(=O)C(F)F)C(C)(C)C43)c12. The zero-order valence-electron chi connectivity index (χ0n) is 14.9. The Labute approximate surface area is 149 Å². The third-order valence-corrected chi connectivity index (χ3v) is 5.86. The molecule has 0 bridgehead atoms. The summed E-state index contributed by atoms with van der Waals surface area (Å²) in [5.41, 5.74) is 0.796. The lowest BCUT2D eigenvalue weighted by Crippen LogP contribution is -2.75. The average Bonchev–Trinajstić information content (AvgIpc) is 3.00. The van der Waals surface area contributed by atoms with Crippen LogP contribution < -0.4 is 10.2 Å². The topological polar surface area (TPSA) is 84.2 Å². The standard InChI is InChI=1S/C17H21F2N5O2/c1-8-10-14(20-7-21-16(10)26-23-8)24-6-4-5-9-11(17(2,3)12(9)24)22-15(25)13(18)19/h7,9,11-13H,4-6H2,1-3H3,(H,22,25). The smallest absolute Gasteiger partial charge is 0.315 e. The highest BCUT2D eigenvalue weighted by molar-refractivity contribution is 5.88. The lowest BCUT2D eigenvalue weighted by atomic mass is 9.52. The summed E-state index contributed by atoms with van der Waals surface area (Å²) in [6.07, 6.45) is 0.239. The second kappa shape index (κ2) is 5.85. The molecule has 0 aromatic carbocycles. The van der Waals surface area contributed by atoms with Gasteiger partial charge in [-0.1, -0.05) is 19.0 Å². The molecule has 2 aromatic rings. The number of aryl methyl sites for hydroxylation is 1. The predicted molar refractivity (Wildman–Crippen MR) is 89.9 cm³/mol. The number of nitrogens with zero attached hydrogens (tertiary/aromatic N) is 4. The van der Waals surface area contributed by atoms with Crippen molar-refractivity contribution in [3.63, 3.8) is 0 Å². The number of piperidine rings is 1. The van der Waals surface area contributed by atoms with Crippen molar-refractivity contribution in [2.45, 2.75) is 52.1 Å². The maximum atomic E-state index is 12.7. The maximum absolute atomic E-state index is 12.7. The first kappa shape index (κ1) is 17.1. The molecule has 1 saturated carbocycles. The van der Waals surface area contributed by atoms with Gasteiger partial charge >= 0.3 is 6.43 Å². The number of halogens is 2. The van der Waals surface area contributed by atoms with E-state index in [0.717, 1.165) is 36.3 Å². The lowest BCUT2D eigenvalue weighted by Gasteiger charge is -2.64. The number of fused-ring (bicyclic) bond motifs is 2. The van der Waals surface area contributed by atoms with Crippen molar-refractivity contribution in [2.24, 2.45) is 11.3 Å². The summed E-state index contributed by atoms with van der Waals surface area (Å²) in [5, 5.41) is 7.30. The fraction of sp³-hybridized carbons (Fsp3) is 0.647. The number of aromatic nitrogens is 3. The third kappa shape index (κ3) is 2.36. The Morgan fingerprint density at radius 2 is 2.19 bits per heavy atom. The summed E-state index contributed by atoms with van der Waals surface area (Å²) in [7, 11) is 0. The highest BCUT2D eigenvalue weighted by Gasteiger charge is 2.60. The van der Waals surface area contributed by atoms with Crippen LogP contribution >= 0.6 is 0 Å². The minimum Gasteiger partial charge on any atom is -0.352 e. The van der Waals surface area contributed by atoms with Crippen LogP contribution in [0.5, 0.6) is 0 Å². The number of hydrogen-bond donors (Lipinski definition) is 1. The van der Waals surface area contributed by atoms with E-state index in [1.165, 1.54) is 6.33 Å². The monoisotopic (exact) mass is 365 g/mol. The normalized spacial score (nSPS) is 27.3. The third-order valence-electron chi connectivity index (χ3n) is 5.86. The van der Waals surface area contributed by atoms with Gasteiger partial charge in [-0.2, -0.15) is 13.8 Å². The summed E-state index contributed by atoms with van der Waals surface area (Å²) in [6.45, 7) is 6.65. The van der Waals surface area contributed by atoms with E-state index in [-0.39, 0.29) is 23.4 Å². The Morgan fingerprint density at radius 1 is 1.42 bits per heavy atom. The number of hydrogen-bond acceptors (Lipinski definition) is 6. The van der Waals surface area contributed by atoms with Crippen molar-refractivity contribution >= 4 is 22.8 Å². The summed E-state index contributed by atoms with van der Waals surface area (Å²) in [4.78, 5) is 22.3. The Kier molecular flexibility index (Phi) is 3.85. The van der Waals surface area contributed by atoms with Crippen LogP contribution in [-0.2, 0) is 4.79 Å². The van der Waals surface area contributed by atoms with E-state index in [1.54, 1.807) is 0 Å². The summed E-state index contributed by atoms with van der Waals surface area (Å²) >= 11 is 0. The van der Waals surface area contributed by atoms with Crippen LogP contribution in [0.15, 0.2) is 10.9 Å². The van der Waals surface area contributed by atoms with Crippen LogP contribution in [0.4, 0.5) is 14.6 Å². The molecule has 26 heavy (non-hydrogen) atoms. The van der Waals surface area contributed by atoms with Crippen LogP contribution in [0.1, 0.15) is 32.4 Å². The van der Waals surface area contributed by atoms with Crippen LogP contribution in [0, 0.1) is 18.3 Å². The molecule has 2 aromatic heterocycles. The molecular formula is C17H21F2N5O2. The van der Waals surface area contributed by atoms with E-state index < -0.39 is 12.3 Å². The second-order valence-corrected chi connectivity index (χ2v) is 7.70. The summed E-state index contributed by atoms with van der Waals surface area (Å²) in [6, 6.07) is -0.190. The minimum absolute atomic E-state index is 0.0895. The number of rotatable bonds is 3. The van der Waals surface area contributed by atoms with Gasteiger partial charge in [0.25, 0.3) is 11.6 Å². The molecule has 1 saturated heterocycles. The molecule has 1 aliphatic heterocycles. The highest BCUT2D eigenvalue weighted by Crippen LogP contribution is 2.53. The quantitative estimate of drug-likeness (QED) is 0.899. The van der Waals surface area contributed by atoms with Crippen molar-refractivity contribution in [3.05, 3.63) is 12.0 Å². The minimum atomic E-state index is -2.99. The van der Waals surface area contributed by atoms with Crippen LogP contribution in [-0.4, -0.2) is 46.1 Å². The van der Waals surface area contributed by atoms with Crippen molar-refractivity contribution in [1.82, 2.24) is 20.4 Å². The largest absolute Gasteiger partial charge is 0.352 e. The van der Waals surface area contributed by atoms with Gasteiger partial charge in [0.15, 0.2) is 0 Å². The van der Waals surface area contributed by atoms with Gasteiger partial charge in [-0.05, 0) is 19.8 Å². The maximum Gasteiger partial charge on any atom is 0.315 e. The van der Waals surface area contributed by atoms with Gasteiger partial charge in [-0.3, -0.25) is 4.79 Å². The average molecular weight is 365 g/mol. The van der Waals surface area contributed by atoms with Crippen molar-refractivity contribution < 1.29 is 18.1 Å². The number of nitrogens with one attached hydrogen (secondary N) is 1. The van der Waals surface area contributed by atoms with Gasteiger partial charge in [-0.15, -0.1) is 0 Å². The molecule has 3 unspecified atom stereocenters. The van der Waals surface area contributed by atoms with Crippen LogP contribution in [0.2, 0.25) is 0 Å². The molecule has 0 spiro atoms. The fourth-order valence-electron chi connectivity index (χ4n) is 4.81. The first-order valence-corrected chi connectivity index (χ1v) is 8.74. The van der Waals surface area contributed by atoms with E-state index in [0.29, 0.717) is 5.71 Å². The molecule has 7 nitrogen and oxygen atoms in total. The van der Waals surface area contributed by atoms with Crippen molar-refractivity contribution in [3.8, 4) is 0 Å². The fourth-order valence-corrected chi connectivity index (χ4v) is 4.81. The zero-order valence-corrected chi connectivity index (χ0v) is 14.9. The zero-order chi connectivity index (χ0) is 18.6. The molecule has 3 heterocycles. The van der Waals surface area contributed by atoms with E-state index in [1.807, 2.05) is 20.8 Å². The first-order chi connectivity index (χ1) is 12.3. The molecule has 0 radical (unpaired) electrons. The van der Waals surface area contributed by atoms with Crippen molar-refractivity contribution in [1.29, 1.82) is 0 Å². The molecule has 1 amide bonds. The Hall–Kier alpha value is -2.32. The molecule has 140 valence electrons. The van der Waals surface area contributed by atoms with E-state index in [4.69, 9.17) is 4.52 Å². The molecule has 2 aliphatic rings. The molecular weight excluding hydrogens is 344 g/mol. The van der Waals surface area contributed by atoms with Gasteiger partial charge < -0.3 is 14.7 Å². The molecule has 9 heteroatoms. The number of alkyl halides is 2. The van der Waals surface area contributed by atoms with Gasteiger partial charge in [0.2, 0.25) is 0 Å². The van der Waals surface area contributed by atoms with Gasteiger partial charge in [0.05, 0.1) is 5.69 Å². The first-order valence-electron chi connectivity index (χ1n) is 8.74. The summed E-state index contributed by atoms with van der Waals surface area (Å²) < 4.78 is 30.6. The highest BCUT2D eigenvalue weighted by atomic mass is 19.3. The lowest BCUT2D eigenvalue weighted by molar-refractivity contribution is -0.138. The van der Waals surface area contributed by atoms with Crippen molar-refractivity contribution in [2.75, 3.05) is 11.4 Å². The second-order valence-electron chi connectivity index (χ2n) is 7.70. The number of amides is 1. The Balaban J connectivity index is 1.68. The number of carbonyl (C=O) groups is 1.